The summed E-state index contributed by atoms with van der Waals surface area (Å²) in [7, 11) is 0. The Labute approximate surface area is 151 Å². The number of nitrogens with zero attached hydrogens (tertiary/aromatic N) is 2. The van der Waals surface area contributed by atoms with Gasteiger partial charge in [-0.15, -0.1) is 0 Å². The lowest BCUT2D eigenvalue weighted by molar-refractivity contribution is -0.121. The van der Waals surface area contributed by atoms with Crippen molar-refractivity contribution in [1.29, 1.82) is 0 Å². The van der Waals surface area contributed by atoms with Crippen LogP contribution in [-0.4, -0.2) is 24.4 Å². The van der Waals surface area contributed by atoms with Gasteiger partial charge in [0.25, 0.3) is 5.91 Å². The minimum Gasteiger partial charge on any atom is -0.353 e. The second-order valence-electron chi connectivity index (χ2n) is 6.76. The zero-order chi connectivity index (χ0) is 18.1. The summed E-state index contributed by atoms with van der Waals surface area (Å²) < 4.78 is 13.8. The molecule has 1 N–H and O–H groups in total. The molecular formula is C20H20FN3O2. The van der Waals surface area contributed by atoms with Crippen molar-refractivity contribution in [2.75, 3.05) is 16.3 Å². The fraction of sp³-hybridized carbons (Fsp3) is 0.350. The first kappa shape index (κ1) is 16.6. The van der Waals surface area contributed by atoms with Crippen molar-refractivity contribution in [3.05, 3.63) is 53.8 Å². The van der Waals surface area contributed by atoms with Gasteiger partial charge in [0.2, 0.25) is 5.91 Å². The third kappa shape index (κ3) is 3.04. The van der Waals surface area contributed by atoms with E-state index in [9.17, 15) is 14.0 Å². The molecule has 3 aliphatic rings. The van der Waals surface area contributed by atoms with Gasteiger partial charge in [-0.2, -0.15) is 0 Å². The number of hydrogen-bond donors (Lipinski definition) is 1. The van der Waals surface area contributed by atoms with Crippen LogP contribution in [0.1, 0.15) is 32.1 Å². The van der Waals surface area contributed by atoms with Crippen molar-refractivity contribution in [1.82, 2.24) is 5.32 Å². The van der Waals surface area contributed by atoms with Crippen LogP contribution in [0.2, 0.25) is 0 Å². The van der Waals surface area contributed by atoms with Crippen molar-refractivity contribution in [3.8, 4) is 0 Å². The standard InChI is InChI=1S/C20H20FN3O2/c21-14-8-9-16-18(13-14)24(20(26)17-7-3-4-11-23(16)17)12-10-19(25)22-15-5-1-2-6-15/h3-4,8-9,11,13,15H,1-2,5-6,10,12H2,(H,22,25). The van der Waals surface area contributed by atoms with Gasteiger partial charge in [-0.25, -0.2) is 4.39 Å². The van der Waals surface area contributed by atoms with E-state index < -0.39 is 5.82 Å². The lowest BCUT2D eigenvalue weighted by Gasteiger charge is -2.36. The molecule has 0 radical (unpaired) electrons. The third-order valence-corrected chi connectivity index (χ3v) is 5.01. The number of fused-ring (bicyclic) bond motifs is 3. The van der Waals surface area contributed by atoms with Crippen molar-refractivity contribution in [2.45, 2.75) is 38.1 Å². The molecule has 5 nitrogen and oxygen atoms in total. The Hall–Kier alpha value is -2.85. The first-order valence-corrected chi connectivity index (χ1v) is 8.97. The van der Waals surface area contributed by atoms with E-state index in [-0.39, 0.29) is 30.8 Å². The minimum absolute atomic E-state index is 0.0712. The largest absolute Gasteiger partial charge is 0.353 e. The molecule has 2 heterocycles. The average Bonchev–Trinajstić information content (AvgIpc) is 3.14. The third-order valence-electron chi connectivity index (χ3n) is 5.01. The van der Waals surface area contributed by atoms with Crippen LogP contribution in [0, 0.1) is 5.82 Å². The normalized spacial score (nSPS) is 18.7. The number of nitrogens with one attached hydrogen (secondary N) is 1. The van der Waals surface area contributed by atoms with E-state index in [1.54, 1.807) is 29.3 Å². The maximum Gasteiger partial charge on any atom is 0.283 e. The smallest absolute Gasteiger partial charge is 0.283 e. The van der Waals surface area contributed by atoms with Crippen molar-refractivity contribution in [3.63, 3.8) is 0 Å². The SMILES string of the molecule is O=C(CCN1C(=O)C2=C=CC=CN2c2ccc(F)cc21)NC1CCCC1. The zero-order valence-electron chi connectivity index (χ0n) is 14.4. The van der Waals surface area contributed by atoms with Crippen LogP contribution in [0.5, 0.6) is 0 Å². The molecule has 0 aromatic heterocycles. The molecule has 2 aliphatic heterocycles. The van der Waals surface area contributed by atoms with Crippen LogP contribution < -0.4 is 15.1 Å². The van der Waals surface area contributed by atoms with Gasteiger partial charge in [-0.3, -0.25) is 9.59 Å². The number of halogens is 1. The Morgan fingerprint density at radius 1 is 1.27 bits per heavy atom. The number of benzene rings is 1. The summed E-state index contributed by atoms with van der Waals surface area (Å²) >= 11 is 0. The van der Waals surface area contributed by atoms with Gasteiger partial charge >= 0.3 is 0 Å². The van der Waals surface area contributed by atoms with E-state index in [2.05, 4.69) is 11.0 Å². The Balaban J connectivity index is 1.56. The molecule has 1 fully saturated rings. The summed E-state index contributed by atoms with van der Waals surface area (Å²) in [5.41, 5.74) is 4.50. The number of carbonyl (C=O) groups is 2. The first-order chi connectivity index (χ1) is 12.6. The Morgan fingerprint density at radius 3 is 2.88 bits per heavy atom. The Kier molecular flexibility index (Phi) is 4.35. The number of rotatable bonds is 4. The van der Waals surface area contributed by atoms with Crippen LogP contribution in [0.4, 0.5) is 15.8 Å². The fourth-order valence-electron chi connectivity index (χ4n) is 3.72. The molecular weight excluding hydrogens is 333 g/mol. The highest BCUT2D eigenvalue weighted by molar-refractivity contribution is 6.14. The highest BCUT2D eigenvalue weighted by atomic mass is 19.1. The molecule has 1 aromatic rings. The van der Waals surface area contributed by atoms with Crippen LogP contribution in [0.3, 0.4) is 0 Å². The minimum atomic E-state index is -0.416. The molecule has 1 aromatic carbocycles. The summed E-state index contributed by atoms with van der Waals surface area (Å²) in [4.78, 5) is 28.3. The molecule has 134 valence electrons. The topological polar surface area (TPSA) is 52.7 Å². The van der Waals surface area contributed by atoms with Gasteiger partial charge in [-0.05, 0) is 43.2 Å². The molecule has 0 unspecified atom stereocenters. The van der Waals surface area contributed by atoms with Crippen LogP contribution in [0.25, 0.3) is 0 Å². The van der Waals surface area contributed by atoms with E-state index in [1.165, 1.54) is 17.0 Å². The van der Waals surface area contributed by atoms with E-state index in [0.717, 1.165) is 25.7 Å². The Bertz CT molecular complexity index is 849. The second-order valence-corrected chi connectivity index (χ2v) is 6.76. The van der Waals surface area contributed by atoms with Crippen molar-refractivity contribution < 1.29 is 14.0 Å². The van der Waals surface area contributed by atoms with Gasteiger partial charge in [0.05, 0.1) is 11.4 Å². The van der Waals surface area contributed by atoms with Gasteiger partial charge in [0.15, 0.2) is 5.70 Å². The molecule has 1 aliphatic carbocycles. The van der Waals surface area contributed by atoms with Gasteiger partial charge in [0, 0.05) is 25.2 Å². The Morgan fingerprint density at radius 2 is 2.08 bits per heavy atom. The van der Waals surface area contributed by atoms with E-state index in [1.807, 2.05) is 0 Å². The average molecular weight is 353 g/mol. The number of carbonyl (C=O) groups excluding carboxylic acids is 2. The lowest BCUT2D eigenvalue weighted by atomic mass is 10.1. The monoisotopic (exact) mass is 353 g/mol. The highest BCUT2D eigenvalue weighted by Crippen LogP contribution is 2.38. The number of allylic oxidation sites excluding steroid dienone is 1. The number of hydrogen-bond acceptors (Lipinski definition) is 3. The van der Waals surface area contributed by atoms with Gasteiger partial charge in [0.1, 0.15) is 5.82 Å². The molecule has 26 heavy (non-hydrogen) atoms. The molecule has 4 rings (SSSR count). The molecule has 2 amide bonds. The van der Waals surface area contributed by atoms with Crippen LogP contribution in [0.15, 0.2) is 48.0 Å². The molecule has 1 saturated carbocycles. The zero-order valence-corrected chi connectivity index (χ0v) is 14.4. The summed E-state index contributed by atoms with van der Waals surface area (Å²) in [5.74, 6) is -0.767. The number of amides is 2. The second kappa shape index (κ2) is 6.81. The van der Waals surface area contributed by atoms with E-state index in [0.29, 0.717) is 17.1 Å². The lowest BCUT2D eigenvalue weighted by Crippen LogP contribution is -2.44. The number of anilines is 2. The highest BCUT2D eigenvalue weighted by Gasteiger charge is 2.34. The van der Waals surface area contributed by atoms with E-state index in [4.69, 9.17) is 0 Å². The van der Waals surface area contributed by atoms with Crippen LogP contribution >= 0.6 is 0 Å². The molecule has 0 saturated heterocycles. The van der Waals surface area contributed by atoms with E-state index >= 15 is 0 Å². The first-order valence-electron chi connectivity index (χ1n) is 8.97. The van der Waals surface area contributed by atoms with Gasteiger partial charge in [-0.1, -0.05) is 18.6 Å². The van der Waals surface area contributed by atoms with Crippen molar-refractivity contribution >= 4 is 23.2 Å². The van der Waals surface area contributed by atoms with Crippen LogP contribution in [-0.2, 0) is 9.59 Å². The summed E-state index contributed by atoms with van der Waals surface area (Å²) in [6, 6.07) is 4.59. The fourth-order valence-corrected chi connectivity index (χ4v) is 3.72. The predicted octanol–water partition coefficient (Wildman–Crippen LogP) is 2.99. The summed E-state index contributed by atoms with van der Waals surface area (Å²) in [5, 5.41) is 3.02. The predicted molar refractivity (Wildman–Crippen MR) is 97.0 cm³/mol. The summed E-state index contributed by atoms with van der Waals surface area (Å²) in [6.07, 6.45) is 9.70. The molecule has 0 atom stereocenters. The maximum absolute atomic E-state index is 13.8. The summed E-state index contributed by atoms with van der Waals surface area (Å²) in [6.45, 7) is 0.205. The molecule has 6 heteroatoms. The quantitative estimate of drug-likeness (QED) is 0.847. The maximum atomic E-state index is 13.8. The molecule has 0 spiro atoms. The molecule has 0 bridgehead atoms. The van der Waals surface area contributed by atoms with Crippen molar-refractivity contribution in [2.24, 2.45) is 0 Å². The van der Waals surface area contributed by atoms with Gasteiger partial charge < -0.3 is 15.1 Å².